The first-order valence-corrected chi connectivity index (χ1v) is 11.8. The molecule has 7 nitrogen and oxygen atoms in total. The van der Waals surface area contributed by atoms with Gasteiger partial charge in [-0.05, 0) is 80.1 Å². The Balaban J connectivity index is 1.56. The van der Waals surface area contributed by atoms with Crippen LogP contribution in [0.5, 0.6) is 0 Å². The number of piperidine rings is 1. The Morgan fingerprint density at radius 3 is 2.29 bits per heavy atom. The molecular weight excluding hydrogens is 416 g/mol. The third-order valence-corrected chi connectivity index (χ3v) is 7.51. The summed E-state index contributed by atoms with van der Waals surface area (Å²) in [6.45, 7) is 6.61. The fourth-order valence-corrected chi connectivity index (χ4v) is 4.84. The lowest BCUT2D eigenvalue weighted by Gasteiger charge is -2.29. The molecule has 0 radical (unpaired) electrons. The molecule has 8 heteroatoms. The van der Waals surface area contributed by atoms with Gasteiger partial charge < -0.3 is 10.1 Å². The van der Waals surface area contributed by atoms with Crippen LogP contribution in [0.2, 0.25) is 0 Å². The van der Waals surface area contributed by atoms with Gasteiger partial charge >= 0.3 is 5.97 Å². The SMILES string of the molecule is Cc1ccc(NC(=O)COC(=O)c2ccc(S(=O)(=O)N3CCC(C)CC3)cc2)cc1C. The molecule has 0 saturated carbocycles. The van der Waals surface area contributed by atoms with E-state index in [1.54, 1.807) is 6.07 Å². The number of nitrogens with one attached hydrogen (secondary N) is 1. The van der Waals surface area contributed by atoms with Crippen LogP contribution in [0.1, 0.15) is 41.3 Å². The molecule has 2 aromatic carbocycles. The van der Waals surface area contributed by atoms with E-state index in [1.165, 1.54) is 28.6 Å². The summed E-state index contributed by atoms with van der Waals surface area (Å²) in [4.78, 5) is 24.4. The van der Waals surface area contributed by atoms with Gasteiger partial charge in [0, 0.05) is 18.8 Å². The van der Waals surface area contributed by atoms with E-state index in [0.29, 0.717) is 24.7 Å². The molecule has 0 bridgehead atoms. The van der Waals surface area contributed by atoms with Crippen LogP contribution in [0.15, 0.2) is 47.4 Å². The van der Waals surface area contributed by atoms with Crippen molar-refractivity contribution < 1.29 is 22.7 Å². The Hall–Kier alpha value is -2.71. The van der Waals surface area contributed by atoms with Gasteiger partial charge in [-0.15, -0.1) is 0 Å². The van der Waals surface area contributed by atoms with E-state index in [-0.39, 0.29) is 10.5 Å². The second kappa shape index (κ2) is 9.62. The van der Waals surface area contributed by atoms with Gasteiger partial charge in [0.2, 0.25) is 10.0 Å². The first-order valence-electron chi connectivity index (χ1n) is 10.3. The molecular formula is C23H28N2O5S. The highest BCUT2D eigenvalue weighted by Gasteiger charge is 2.28. The van der Waals surface area contributed by atoms with Gasteiger partial charge in [-0.3, -0.25) is 4.79 Å². The molecule has 1 amide bonds. The average molecular weight is 445 g/mol. The van der Waals surface area contributed by atoms with E-state index in [2.05, 4.69) is 12.2 Å². The Morgan fingerprint density at radius 2 is 1.68 bits per heavy atom. The van der Waals surface area contributed by atoms with E-state index in [4.69, 9.17) is 4.74 Å². The number of benzene rings is 2. The standard InChI is InChI=1S/C23H28N2O5S/c1-16-10-12-25(13-11-16)31(28,29)21-8-5-19(6-9-21)23(27)30-15-22(26)24-20-7-4-17(2)18(3)14-20/h4-9,14,16H,10-13,15H2,1-3H3,(H,24,26). The van der Waals surface area contributed by atoms with Crippen molar-refractivity contribution in [3.63, 3.8) is 0 Å². The molecule has 2 aromatic rings. The summed E-state index contributed by atoms with van der Waals surface area (Å²) in [7, 11) is -3.58. The summed E-state index contributed by atoms with van der Waals surface area (Å²) in [6.07, 6.45) is 1.68. The van der Waals surface area contributed by atoms with Crippen LogP contribution in [0.3, 0.4) is 0 Å². The molecule has 0 spiro atoms. The predicted octanol–water partition coefficient (Wildman–Crippen LogP) is 3.52. The quantitative estimate of drug-likeness (QED) is 0.688. The lowest BCUT2D eigenvalue weighted by Crippen LogP contribution is -2.37. The van der Waals surface area contributed by atoms with Crippen molar-refractivity contribution in [1.82, 2.24) is 4.31 Å². The Morgan fingerprint density at radius 1 is 1.03 bits per heavy atom. The van der Waals surface area contributed by atoms with Crippen LogP contribution in [0, 0.1) is 19.8 Å². The maximum Gasteiger partial charge on any atom is 0.338 e. The van der Waals surface area contributed by atoms with Gasteiger partial charge in [-0.25, -0.2) is 13.2 Å². The van der Waals surface area contributed by atoms with E-state index in [1.807, 2.05) is 26.0 Å². The Labute approximate surface area is 183 Å². The van der Waals surface area contributed by atoms with E-state index < -0.39 is 28.5 Å². The molecule has 1 saturated heterocycles. The summed E-state index contributed by atoms with van der Waals surface area (Å²) >= 11 is 0. The maximum atomic E-state index is 12.8. The minimum absolute atomic E-state index is 0.145. The molecule has 0 aliphatic carbocycles. The number of esters is 1. The van der Waals surface area contributed by atoms with Crippen LogP contribution in [-0.2, 0) is 19.6 Å². The number of anilines is 1. The summed E-state index contributed by atoms with van der Waals surface area (Å²) < 4.78 is 32.1. The van der Waals surface area contributed by atoms with Crippen molar-refractivity contribution in [2.24, 2.45) is 5.92 Å². The van der Waals surface area contributed by atoms with Crippen LogP contribution in [-0.4, -0.2) is 44.3 Å². The number of ether oxygens (including phenoxy) is 1. The largest absolute Gasteiger partial charge is 0.452 e. The summed E-state index contributed by atoms with van der Waals surface area (Å²) in [5.74, 6) is -0.614. The number of hydrogen-bond donors (Lipinski definition) is 1. The lowest BCUT2D eigenvalue weighted by molar-refractivity contribution is -0.119. The zero-order valence-corrected chi connectivity index (χ0v) is 18.9. The first-order chi connectivity index (χ1) is 14.7. The van der Waals surface area contributed by atoms with E-state index in [0.717, 1.165) is 24.0 Å². The average Bonchev–Trinajstić information content (AvgIpc) is 2.75. The normalized spacial score (nSPS) is 15.5. The van der Waals surface area contributed by atoms with Gasteiger partial charge in [0.1, 0.15) is 0 Å². The lowest BCUT2D eigenvalue weighted by atomic mass is 10.0. The zero-order valence-electron chi connectivity index (χ0n) is 18.1. The minimum Gasteiger partial charge on any atom is -0.452 e. The summed E-state index contributed by atoms with van der Waals surface area (Å²) in [5, 5.41) is 2.68. The molecule has 1 fully saturated rings. The van der Waals surface area contributed by atoms with Gasteiger partial charge in [-0.2, -0.15) is 4.31 Å². The highest BCUT2D eigenvalue weighted by atomic mass is 32.2. The van der Waals surface area contributed by atoms with Crippen molar-refractivity contribution in [3.05, 3.63) is 59.2 Å². The van der Waals surface area contributed by atoms with Crippen LogP contribution >= 0.6 is 0 Å². The molecule has 0 atom stereocenters. The number of nitrogens with zero attached hydrogens (tertiary/aromatic N) is 1. The van der Waals surface area contributed by atoms with Crippen molar-refractivity contribution in [2.75, 3.05) is 25.0 Å². The second-order valence-corrected chi connectivity index (χ2v) is 9.97. The molecule has 1 aliphatic rings. The third kappa shape index (κ3) is 5.71. The van der Waals surface area contributed by atoms with Crippen molar-refractivity contribution in [1.29, 1.82) is 0 Å². The molecule has 1 N–H and O–H groups in total. The van der Waals surface area contributed by atoms with Crippen LogP contribution in [0.4, 0.5) is 5.69 Å². The van der Waals surface area contributed by atoms with Gasteiger partial charge in [-0.1, -0.05) is 13.0 Å². The molecule has 166 valence electrons. The Bertz CT molecular complexity index is 1060. The predicted molar refractivity (Wildman–Crippen MR) is 118 cm³/mol. The number of carbonyl (C=O) groups excluding carboxylic acids is 2. The first kappa shape index (κ1) is 23.0. The number of carbonyl (C=O) groups is 2. The number of sulfonamides is 1. The number of aryl methyl sites for hydroxylation is 2. The fraction of sp³-hybridized carbons (Fsp3) is 0.391. The molecule has 1 heterocycles. The number of amides is 1. The molecule has 0 aromatic heterocycles. The molecule has 31 heavy (non-hydrogen) atoms. The van der Waals surface area contributed by atoms with Gasteiger partial charge in [0.15, 0.2) is 6.61 Å². The summed E-state index contributed by atoms with van der Waals surface area (Å²) in [6, 6.07) is 11.1. The van der Waals surface area contributed by atoms with Crippen molar-refractivity contribution in [2.45, 2.75) is 38.5 Å². The van der Waals surface area contributed by atoms with Gasteiger partial charge in [0.25, 0.3) is 5.91 Å². The fourth-order valence-electron chi connectivity index (χ4n) is 3.37. The van der Waals surface area contributed by atoms with E-state index >= 15 is 0 Å². The van der Waals surface area contributed by atoms with Crippen molar-refractivity contribution >= 4 is 27.6 Å². The van der Waals surface area contributed by atoms with Crippen LogP contribution in [0.25, 0.3) is 0 Å². The highest BCUT2D eigenvalue weighted by molar-refractivity contribution is 7.89. The maximum absolute atomic E-state index is 12.8. The molecule has 0 unspecified atom stereocenters. The number of hydrogen-bond acceptors (Lipinski definition) is 5. The Kier molecular flexibility index (Phi) is 7.12. The molecule has 3 rings (SSSR count). The topological polar surface area (TPSA) is 92.8 Å². The smallest absolute Gasteiger partial charge is 0.338 e. The number of rotatable bonds is 6. The summed E-state index contributed by atoms with van der Waals surface area (Å²) in [5.41, 5.74) is 2.98. The monoisotopic (exact) mass is 444 g/mol. The zero-order chi connectivity index (χ0) is 22.6. The van der Waals surface area contributed by atoms with E-state index in [9.17, 15) is 18.0 Å². The second-order valence-electron chi connectivity index (χ2n) is 8.03. The van der Waals surface area contributed by atoms with Crippen molar-refractivity contribution in [3.8, 4) is 0 Å². The van der Waals surface area contributed by atoms with Crippen LogP contribution < -0.4 is 5.32 Å². The van der Waals surface area contributed by atoms with Gasteiger partial charge in [0.05, 0.1) is 10.5 Å². The minimum atomic E-state index is -3.58. The third-order valence-electron chi connectivity index (χ3n) is 5.60. The highest BCUT2D eigenvalue weighted by Crippen LogP contribution is 2.23. The molecule has 1 aliphatic heterocycles.